The average Bonchev–Trinajstić information content (AvgIpc) is 2.12. The van der Waals surface area contributed by atoms with Gasteiger partial charge >= 0.3 is 0 Å². The summed E-state index contributed by atoms with van der Waals surface area (Å²) >= 11 is 5.79. The van der Waals surface area contributed by atoms with Gasteiger partial charge < -0.3 is 4.90 Å². The van der Waals surface area contributed by atoms with Crippen LogP contribution in [0.2, 0.25) is 0 Å². The number of likely N-dealkylation sites (N-methyl/N-ethyl adjacent to an activating group) is 1. The Labute approximate surface area is 91.0 Å². The molecular formula is C10H19ClN2O. The first-order chi connectivity index (χ1) is 6.43. The van der Waals surface area contributed by atoms with Crippen molar-refractivity contribution in [3.8, 4) is 0 Å². The first kappa shape index (κ1) is 11.8. The summed E-state index contributed by atoms with van der Waals surface area (Å²) in [5.41, 5.74) is 0. The summed E-state index contributed by atoms with van der Waals surface area (Å²) in [5.74, 6) is 0.0541. The molecule has 1 saturated heterocycles. The molecule has 1 rings (SSSR count). The number of piperazine rings is 1. The molecule has 3 atom stereocenters. The Hall–Kier alpha value is -0.280. The summed E-state index contributed by atoms with van der Waals surface area (Å²) in [6.45, 7) is 7.58. The molecule has 1 aliphatic heterocycles. The summed E-state index contributed by atoms with van der Waals surface area (Å²) in [5, 5.41) is -0.405. The molecule has 1 aliphatic rings. The molecule has 82 valence electrons. The van der Waals surface area contributed by atoms with Gasteiger partial charge in [0.25, 0.3) is 0 Å². The number of hydrogen-bond donors (Lipinski definition) is 0. The molecule has 0 saturated carbocycles. The number of rotatable bonds is 1. The van der Waals surface area contributed by atoms with Crippen LogP contribution >= 0.6 is 11.6 Å². The lowest BCUT2D eigenvalue weighted by molar-refractivity contribution is -0.134. The number of hydrogen-bond acceptors (Lipinski definition) is 2. The minimum Gasteiger partial charge on any atom is -0.338 e. The molecular weight excluding hydrogens is 200 g/mol. The highest BCUT2D eigenvalue weighted by atomic mass is 35.5. The number of halogens is 1. The first-order valence-corrected chi connectivity index (χ1v) is 5.52. The third-order valence-corrected chi connectivity index (χ3v) is 3.20. The summed E-state index contributed by atoms with van der Waals surface area (Å²) in [7, 11) is 2.10. The Balaban J connectivity index is 2.62. The third-order valence-electron chi connectivity index (χ3n) is 3.01. The Morgan fingerprint density at radius 2 is 1.79 bits per heavy atom. The van der Waals surface area contributed by atoms with Crippen molar-refractivity contribution in [2.45, 2.75) is 38.2 Å². The molecule has 1 fully saturated rings. The van der Waals surface area contributed by atoms with Gasteiger partial charge in [0, 0.05) is 25.2 Å². The maximum atomic E-state index is 11.7. The van der Waals surface area contributed by atoms with E-state index in [2.05, 4.69) is 25.8 Å². The van der Waals surface area contributed by atoms with Gasteiger partial charge in [0.2, 0.25) is 5.91 Å². The molecule has 0 aromatic rings. The molecule has 14 heavy (non-hydrogen) atoms. The van der Waals surface area contributed by atoms with E-state index in [-0.39, 0.29) is 5.91 Å². The molecule has 0 aliphatic carbocycles. The smallest absolute Gasteiger partial charge is 0.240 e. The van der Waals surface area contributed by atoms with E-state index in [1.807, 2.05) is 4.90 Å². The Bertz CT molecular complexity index is 208. The van der Waals surface area contributed by atoms with Crippen LogP contribution < -0.4 is 0 Å². The lowest BCUT2D eigenvalue weighted by atomic mass is 10.1. The molecule has 1 amide bonds. The molecule has 0 aromatic heterocycles. The van der Waals surface area contributed by atoms with Gasteiger partial charge in [-0.25, -0.2) is 0 Å². The molecule has 3 unspecified atom stereocenters. The zero-order chi connectivity index (χ0) is 10.9. The second-order valence-corrected chi connectivity index (χ2v) is 4.88. The average molecular weight is 219 g/mol. The van der Waals surface area contributed by atoms with E-state index in [1.54, 1.807) is 6.92 Å². The molecule has 3 nitrogen and oxygen atoms in total. The summed E-state index contributed by atoms with van der Waals surface area (Å²) in [6.07, 6.45) is 0. The van der Waals surface area contributed by atoms with Crippen molar-refractivity contribution in [3.05, 3.63) is 0 Å². The molecule has 0 bridgehead atoms. The zero-order valence-corrected chi connectivity index (χ0v) is 10.1. The molecule has 1 heterocycles. The third kappa shape index (κ3) is 2.39. The van der Waals surface area contributed by atoms with Crippen LogP contribution in [-0.2, 0) is 4.79 Å². The largest absolute Gasteiger partial charge is 0.338 e. The van der Waals surface area contributed by atoms with Crippen molar-refractivity contribution in [3.63, 3.8) is 0 Å². The van der Waals surface area contributed by atoms with Crippen LogP contribution in [0.25, 0.3) is 0 Å². The van der Waals surface area contributed by atoms with Crippen molar-refractivity contribution in [1.29, 1.82) is 0 Å². The van der Waals surface area contributed by atoms with E-state index < -0.39 is 5.38 Å². The van der Waals surface area contributed by atoms with E-state index in [9.17, 15) is 4.79 Å². The van der Waals surface area contributed by atoms with E-state index in [1.165, 1.54) is 0 Å². The monoisotopic (exact) mass is 218 g/mol. The number of amides is 1. The standard InChI is InChI=1S/C10H19ClN2O/c1-7-5-13(10(14)9(3)11)6-8(2)12(7)4/h7-9H,5-6H2,1-4H3. The van der Waals surface area contributed by atoms with Gasteiger partial charge in [0.15, 0.2) is 0 Å². The van der Waals surface area contributed by atoms with Crippen molar-refractivity contribution < 1.29 is 4.79 Å². The van der Waals surface area contributed by atoms with E-state index in [0.29, 0.717) is 12.1 Å². The number of alkyl halides is 1. The van der Waals surface area contributed by atoms with Crippen LogP contribution in [0.15, 0.2) is 0 Å². The van der Waals surface area contributed by atoms with Gasteiger partial charge in [-0.2, -0.15) is 0 Å². The lowest BCUT2D eigenvalue weighted by Gasteiger charge is -2.42. The number of carbonyl (C=O) groups is 1. The highest BCUT2D eigenvalue weighted by Gasteiger charge is 2.30. The highest BCUT2D eigenvalue weighted by molar-refractivity contribution is 6.30. The molecule has 0 aromatic carbocycles. The highest BCUT2D eigenvalue weighted by Crippen LogP contribution is 2.15. The van der Waals surface area contributed by atoms with Gasteiger partial charge in [0.05, 0.1) is 0 Å². The first-order valence-electron chi connectivity index (χ1n) is 5.08. The predicted octanol–water partition coefficient (Wildman–Crippen LogP) is 1.16. The second-order valence-electron chi connectivity index (χ2n) is 4.22. The fourth-order valence-corrected chi connectivity index (χ4v) is 1.97. The topological polar surface area (TPSA) is 23.6 Å². The lowest BCUT2D eigenvalue weighted by Crippen LogP contribution is -2.57. The van der Waals surface area contributed by atoms with E-state index >= 15 is 0 Å². The summed E-state index contributed by atoms with van der Waals surface area (Å²) in [6, 6.07) is 0.830. The maximum absolute atomic E-state index is 11.7. The SMILES string of the molecule is CC(Cl)C(=O)N1CC(C)N(C)C(C)C1. The Kier molecular flexibility index (Phi) is 3.78. The minimum absolute atomic E-state index is 0.0541. The normalized spacial score (nSPS) is 31.6. The van der Waals surface area contributed by atoms with Crippen LogP contribution in [0, 0.1) is 0 Å². The Morgan fingerprint density at radius 3 is 2.14 bits per heavy atom. The van der Waals surface area contributed by atoms with Gasteiger partial charge in [-0.05, 0) is 27.8 Å². The zero-order valence-electron chi connectivity index (χ0n) is 9.33. The van der Waals surface area contributed by atoms with Gasteiger partial charge in [-0.3, -0.25) is 9.69 Å². The van der Waals surface area contributed by atoms with Crippen molar-refractivity contribution in [2.24, 2.45) is 0 Å². The van der Waals surface area contributed by atoms with Crippen molar-refractivity contribution in [2.75, 3.05) is 20.1 Å². The van der Waals surface area contributed by atoms with E-state index in [4.69, 9.17) is 11.6 Å². The van der Waals surface area contributed by atoms with Gasteiger partial charge in [-0.15, -0.1) is 11.6 Å². The Morgan fingerprint density at radius 1 is 1.36 bits per heavy atom. The minimum atomic E-state index is -0.405. The number of carbonyl (C=O) groups excluding carboxylic acids is 1. The van der Waals surface area contributed by atoms with Crippen LogP contribution in [0.1, 0.15) is 20.8 Å². The molecule has 0 radical (unpaired) electrons. The molecule has 0 N–H and O–H groups in total. The van der Waals surface area contributed by atoms with Gasteiger partial charge in [0.1, 0.15) is 5.38 Å². The predicted molar refractivity (Wildman–Crippen MR) is 58.6 cm³/mol. The molecule has 4 heteroatoms. The fourth-order valence-electron chi connectivity index (χ4n) is 1.84. The van der Waals surface area contributed by atoms with E-state index in [0.717, 1.165) is 13.1 Å². The fraction of sp³-hybridized carbons (Fsp3) is 0.900. The van der Waals surface area contributed by atoms with Crippen molar-refractivity contribution >= 4 is 17.5 Å². The quantitative estimate of drug-likeness (QED) is 0.617. The van der Waals surface area contributed by atoms with Crippen LogP contribution in [0.5, 0.6) is 0 Å². The van der Waals surface area contributed by atoms with Crippen LogP contribution in [0.4, 0.5) is 0 Å². The van der Waals surface area contributed by atoms with Crippen molar-refractivity contribution in [1.82, 2.24) is 9.80 Å². The van der Waals surface area contributed by atoms with Gasteiger partial charge in [-0.1, -0.05) is 0 Å². The second kappa shape index (κ2) is 4.49. The summed E-state index contributed by atoms with van der Waals surface area (Å²) < 4.78 is 0. The summed E-state index contributed by atoms with van der Waals surface area (Å²) in [4.78, 5) is 15.8. The van der Waals surface area contributed by atoms with Crippen LogP contribution in [0.3, 0.4) is 0 Å². The van der Waals surface area contributed by atoms with Crippen LogP contribution in [-0.4, -0.2) is 53.3 Å². The maximum Gasteiger partial charge on any atom is 0.240 e. The number of nitrogens with zero attached hydrogens (tertiary/aromatic N) is 2. The molecule has 0 spiro atoms.